The maximum atomic E-state index is 13.2. The Bertz CT molecular complexity index is 762. The third kappa shape index (κ3) is 7.99. The summed E-state index contributed by atoms with van der Waals surface area (Å²) in [6.45, 7) is 7.35. The van der Waals surface area contributed by atoms with Crippen LogP contribution in [0.2, 0.25) is 0 Å². The lowest BCUT2D eigenvalue weighted by Gasteiger charge is -2.31. The van der Waals surface area contributed by atoms with Crippen molar-refractivity contribution >= 4 is 11.8 Å². The molecule has 30 heavy (non-hydrogen) atoms. The van der Waals surface area contributed by atoms with Crippen molar-refractivity contribution in [1.29, 1.82) is 0 Å². The van der Waals surface area contributed by atoms with Gasteiger partial charge in [0, 0.05) is 32.5 Å². The molecule has 2 aromatic rings. The summed E-state index contributed by atoms with van der Waals surface area (Å²) in [5.41, 5.74) is 2.04. The van der Waals surface area contributed by atoms with Crippen LogP contribution in [-0.2, 0) is 27.3 Å². The number of hydrogen-bond acceptors (Lipinski definition) is 3. The number of benzene rings is 2. The first-order chi connectivity index (χ1) is 14.5. The molecule has 5 heteroatoms. The van der Waals surface area contributed by atoms with Crippen molar-refractivity contribution < 1.29 is 14.3 Å². The zero-order valence-corrected chi connectivity index (χ0v) is 18.3. The van der Waals surface area contributed by atoms with Gasteiger partial charge in [-0.2, -0.15) is 0 Å². The standard InChI is InChI=1S/C25H34N2O3/c1-4-24(28)27(19-22-14-9-6-10-15-22)23(18-21-12-7-5-8-13-21)25(29)26-16-11-17-30-20(2)3/h5-10,12-15,20,23H,4,11,16-19H2,1-3H3,(H,26,29)/t23-/m1/s1. The summed E-state index contributed by atoms with van der Waals surface area (Å²) >= 11 is 0. The molecule has 2 amide bonds. The van der Waals surface area contributed by atoms with Crippen LogP contribution in [0.15, 0.2) is 60.7 Å². The van der Waals surface area contributed by atoms with Crippen LogP contribution in [0.1, 0.15) is 44.7 Å². The summed E-state index contributed by atoms with van der Waals surface area (Å²) in [6, 6.07) is 19.1. The van der Waals surface area contributed by atoms with E-state index in [4.69, 9.17) is 4.74 Å². The Morgan fingerprint density at radius 1 is 0.967 bits per heavy atom. The Hall–Kier alpha value is -2.66. The van der Waals surface area contributed by atoms with Gasteiger partial charge in [-0.15, -0.1) is 0 Å². The Balaban J connectivity index is 2.16. The van der Waals surface area contributed by atoms with Crippen molar-refractivity contribution in [2.75, 3.05) is 13.2 Å². The predicted molar refractivity (Wildman–Crippen MR) is 120 cm³/mol. The lowest BCUT2D eigenvalue weighted by molar-refractivity contribution is -0.141. The van der Waals surface area contributed by atoms with Crippen LogP contribution in [-0.4, -0.2) is 42.0 Å². The third-order valence-electron chi connectivity index (χ3n) is 4.84. The molecule has 162 valence electrons. The molecule has 0 aliphatic heterocycles. The molecule has 0 bridgehead atoms. The van der Waals surface area contributed by atoms with Gasteiger partial charge in [0.15, 0.2) is 0 Å². The molecule has 0 aromatic heterocycles. The van der Waals surface area contributed by atoms with Crippen molar-refractivity contribution in [3.05, 3.63) is 71.8 Å². The second kappa shape index (κ2) is 12.8. The Morgan fingerprint density at radius 2 is 1.57 bits per heavy atom. The molecular weight excluding hydrogens is 376 g/mol. The van der Waals surface area contributed by atoms with E-state index in [0.717, 1.165) is 17.5 Å². The van der Waals surface area contributed by atoms with Crippen molar-refractivity contribution in [2.45, 2.75) is 58.7 Å². The highest BCUT2D eigenvalue weighted by molar-refractivity contribution is 5.87. The molecule has 2 rings (SSSR count). The summed E-state index contributed by atoms with van der Waals surface area (Å²) in [7, 11) is 0. The van der Waals surface area contributed by atoms with Crippen LogP contribution in [0.3, 0.4) is 0 Å². The number of hydrogen-bond donors (Lipinski definition) is 1. The molecule has 0 unspecified atom stereocenters. The van der Waals surface area contributed by atoms with Gasteiger partial charge in [-0.05, 0) is 31.4 Å². The van der Waals surface area contributed by atoms with Gasteiger partial charge in [-0.25, -0.2) is 0 Å². The largest absolute Gasteiger partial charge is 0.379 e. The summed E-state index contributed by atoms with van der Waals surface area (Å²) in [4.78, 5) is 27.7. The molecule has 0 fully saturated rings. The second-order valence-electron chi connectivity index (χ2n) is 7.63. The molecule has 0 aliphatic carbocycles. The van der Waals surface area contributed by atoms with E-state index in [0.29, 0.717) is 32.5 Å². The van der Waals surface area contributed by atoms with E-state index in [2.05, 4.69) is 5.32 Å². The fraction of sp³-hybridized carbons (Fsp3) is 0.440. The molecule has 0 saturated carbocycles. The molecule has 0 radical (unpaired) electrons. The minimum absolute atomic E-state index is 0.0296. The molecule has 1 N–H and O–H groups in total. The molecule has 0 heterocycles. The number of carbonyl (C=O) groups is 2. The smallest absolute Gasteiger partial charge is 0.243 e. The number of rotatable bonds is 12. The molecule has 0 saturated heterocycles. The fourth-order valence-electron chi connectivity index (χ4n) is 3.26. The molecule has 0 spiro atoms. The Morgan fingerprint density at radius 3 is 2.13 bits per heavy atom. The van der Waals surface area contributed by atoms with Gasteiger partial charge in [0.05, 0.1) is 6.10 Å². The van der Waals surface area contributed by atoms with Gasteiger partial charge in [0.1, 0.15) is 6.04 Å². The number of ether oxygens (including phenoxy) is 1. The zero-order valence-electron chi connectivity index (χ0n) is 18.3. The van der Waals surface area contributed by atoms with Crippen LogP contribution >= 0.6 is 0 Å². The van der Waals surface area contributed by atoms with E-state index in [1.807, 2.05) is 81.4 Å². The first-order valence-electron chi connectivity index (χ1n) is 10.8. The lowest BCUT2D eigenvalue weighted by Crippen LogP contribution is -2.50. The second-order valence-corrected chi connectivity index (χ2v) is 7.63. The molecule has 5 nitrogen and oxygen atoms in total. The van der Waals surface area contributed by atoms with Gasteiger partial charge < -0.3 is 15.0 Å². The fourth-order valence-corrected chi connectivity index (χ4v) is 3.26. The number of nitrogens with one attached hydrogen (secondary N) is 1. The maximum Gasteiger partial charge on any atom is 0.243 e. The number of nitrogens with zero attached hydrogens (tertiary/aromatic N) is 1. The van der Waals surface area contributed by atoms with Gasteiger partial charge in [-0.3, -0.25) is 9.59 Å². The van der Waals surface area contributed by atoms with Crippen LogP contribution in [0.4, 0.5) is 0 Å². The molecule has 0 aliphatic rings. The zero-order chi connectivity index (χ0) is 21.8. The Labute approximate surface area is 180 Å². The van der Waals surface area contributed by atoms with Crippen molar-refractivity contribution in [1.82, 2.24) is 10.2 Å². The minimum Gasteiger partial charge on any atom is -0.379 e. The van der Waals surface area contributed by atoms with Crippen LogP contribution in [0, 0.1) is 0 Å². The average molecular weight is 411 g/mol. The van der Waals surface area contributed by atoms with Gasteiger partial charge >= 0.3 is 0 Å². The SMILES string of the molecule is CCC(=O)N(Cc1ccccc1)[C@H](Cc1ccccc1)C(=O)NCCCOC(C)C. The van der Waals surface area contributed by atoms with E-state index >= 15 is 0 Å². The highest BCUT2D eigenvalue weighted by Crippen LogP contribution is 2.15. The molecular formula is C25H34N2O3. The van der Waals surface area contributed by atoms with Crippen molar-refractivity contribution in [3.8, 4) is 0 Å². The number of carbonyl (C=O) groups excluding carboxylic acids is 2. The van der Waals surface area contributed by atoms with E-state index < -0.39 is 6.04 Å². The minimum atomic E-state index is -0.564. The predicted octanol–water partition coefficient (Wildman–Crippen LogP) is 3.97. The summed E-state index contributed by atoms with van der Waals surface area (Å²) in [5.74, 6) is -0.154. The summed E-state index contributed by atoms with van der Waals surface area (Å²) < 4.78 is 5.55. The van der Waals surface area contributed by atoms with Crippen molar-refractivity contribution in [2.24, 2.45) is 0 Å². The Kier molecular flexibility index (Phi) is 10.1. The first kappa shape index (κ1) is 23.6. The van der Waals surface area contributed by atoms with Gasteiger partial charge in [-0.1, -0.05) is 67.6 Å². The third-order valence-corrected chi connectivity index (χ3v) is 4.84. The van der Waals surface area contributed by atoms with Crippen molar-refractivity contribution in [3.63, 3.8) is 0 Å². The van der Waals surface area contributed by atoms with Crippen LogP contribution in [0.25, 0.3) is 0 Å². The maximum absolute atomic E-state index is 13.2. The first-order valence-corrected chi connectivity index (χ1v) is 10.8. The quantitative estimate of drug-likeness (QED) is 0.539. The topological polar surface area (TPSA) is 58.6 Å². The normalized spacial score (nSPS) is 11.9. The monoisotopic (exact) mass is 410 g/mol. The highest BCUT2D eigenvalue weighted by Gasteiger charge is 2.29. The van der Waals surface area contributed by atoms with Crippen LogP contribution in [0.5, 0.6) is 0 Å². The summed E-state index contributed by atoms with van der Waals surface area (Å²) in [5, 5.41) is 3.01. The van der Waals surface area contributed by atoms with Crippen LogP contribution < -0.4 is 5.32 Å². The van der Waals surface area contributed by atoms with Gasteiger partial charge in [0.2, 0.25) is 11.8 Å². The number of amides is 2. The highest BCUT2D eigenvalue weighted by atomic mass is 16.5. The van der Waals surface area contributed by atoms with E-state index in [1.165, 1.54) is 0 Å². The van der Waals surface area contributed by atoms with E-state index in [1.54, 1.807) is 4.90 Å². The van der Waals surface area contributed by atoms with E-state index in [-0.39, 0.29) is 17.9 Å². The summed E-state index contributed by atoms with van der Waals surface area (Å²) in [6.07, 6.45) is 1.75. The molecule has 1 atom stereocenters. The van der Waals surface area contributed by atoms with E-state index in [9.17, 15) is 9.59 Å². The molecule has 2 aromatic carbocycles. The van der Waals surface area contributed by atoms with Gasteiger partial charge in [0.25, 0.3) is 0 Å². The lowest BCUT2D eigenvalue weighted by atomic mass is 10.0. The average Bonchev–Trinajstić information content (AvgIpc) is 2.76.